The van der Waals surface area contributed by atoms with Gasteiger partial charge in [-0.15, -0.1) is 0 Å². The van der Waals surface area contributed by atoms with E-state index in [1.165, 1.54) is 4.57 Å². The molecule has 15 heavy (non-hydrogen) atoms. The number of aromatic nitrogens is 3. The third-order valence-electron chi connectivity index (χ3n) is 2.07. The Balaban J connectivity index is 2.67. The molecule has 1 N–H and O–H groups in total. The fourth-order valence-electron chi connectivity index (χ4n) is 1.20. The summed E-state index contributed by atoms with van der Waals surface area (Å²) in [5.41, 5.74) is 0.593. The summed E-state index contributed by atoms with van der Waals surface area (Å²) in [6.45, 7) is 0. The molecule has 0 atom stereocenters. The average molecular weight is 219 g/mol. The van der Waals surface area contributed by atoms with Crippen molar-refractivity contribution in [2.45, 2.75) is 0 Å². The van der Waals surface area contributed by atoms with Crippen molar-refractivity contribution in [3.8, 4) is 11.4 Å². The molecule has 1 heterocycles. The lowest BCUT2D eigenvalue weighted by Gasteiger charge is -2.01. The highest BCUT2D eigenvalue weighted by molar-refractivity contribution is 7.71. The van der Waals surface area contributed by atoms with Crippen LogP contribution < -0.4 is 5.69 Å². The molecular weight excluding hydrogens is 210 g/mol. The lowest BCUT2D eigenvalue weighted by Crippen LogP contribution is -2.22. The van der Waals surface area contributed by atoms with E-state index in [1.54, 1.807) is 7.05 Å². The first-order valence-electron chi connectivity index (χ1n) is 4.41. The monoisotopic (exact) mass is 219 g/mol. The molecule has 1 aromatic heterocycles. The van der Waals surface area contributed by atoms with Crippen molar-refractivity contribution in [2.24, 2.45) is 7.05 Å². The summed E-state index contributed by atoms with van der Waals surface area (Å²) in [6, 6.07) is 9.40. The Labute approximate surface area is 91.2 Å². The van der Waals surface area contributed by atoms with Gasteiger partial charge in [0.1, 0.15) is 5.82 Å². The maximum absolute atomic E-state index is 11.4. The van der Waals surface area contributed by atoms with E-state index >= 15 is 0 Å². The zero-order chi connectivity index (χ0) is 10.8. The van der Waals surface area contributed by atoms with Crippen LogP contribution in [0.5, 0.6) is 0 Å². The van der Waals surface area contributed by atoms with E-state index < -0.39 is 0 Å². The van der Waals surface area contributed by atoms with Crippen molar-refractivity contribution in [1.29, 1.82) is 0 Å². The lowest BCUT2D eigenvalue weighted by molar-refractivity contribution is 0.759. The van der Waals surface area contributed by atoms with Crippen LogP contribution in [-0.4, -0.2) is 14.5 Å². The SMILES string of the molecule is Cn1c(=S)nc(-c2ccccc2)[nH]c1=O. The minimum atomic E-state index is -0.256. The van der Waals surface area contributed by atoms with Gasteiger partial charge in [0.15, 0.2) is 0 Å². The Hall–Kier alpha value is -1.75. The van der Waals surface area contributed by atoms with Crippen LogP contribution in [0.4, 0.5) is 0 Å². The highest BCUT2D eigenvalue weighted by atomic mass is 32.1. The molecule has 76 valence electrons. The van der Waals surface area contributed by atoms with E-state index in [9.17, 15) is 4.79 Å². The number of rotatable bonds is 1. The molecule has 5 heteroatoms. The standard InChI is InChI=1S/C10H9N3OS/c1-13-9(14)11-8(12-10(13)15)7-5-3-2-4-6-7/h2-6H,1H3,(H,11,12,14,15). The number of nitrogens with one attached hydrogen (secondary N) is 1. The van der Waals surface area contributed by atoms with Crippen LogP contribution in [-0.2, 0) is 7.05 Å². The molecule has 0 saturated carbocycles. The molecule has 0 amide bonds. The highest BCUT2D eigenvalue weighted by Gasteiger charge is 2.01. The summed E-state index contributed by atoms with van der Waals surface area (Å²) in [5.74, 6) is 0.503. The molecule has 0 aliphatic carbocycles. The molecule has 0 aliphatic heterocycles. The lowest BCUT2D eigenvalue weighted by atomic mass is 10.2. The van der Waals surface area contributed by atoms with Crippen molar-refractivity contribution in [1.82, 2.24) is 14.5 Å². The van der Waals surface area contributed by atoms with Crippen LogP contribution in [0.25, 0.3) is 11.4 Å². The number of aromatic amines is 1. The van der Waals surface area contributed by atoms with Crippen molar-refractivity contribution in [2.75, 3.05) is 0 Å². The number of hydrogen-bond acceptors (Lipinski definition) is 3. The van der Waals surface area contributed by atoms with Crippen LogP contribution in [0.3, 0.4) is 0 Å². The topological polar surface area (TPSA) is 50.7 Å². The van der Waals surface area contributed by atoms with E-state index in [0.717, 1.165) is 5.56 Å². The fourth-order valence-corrected chi connectivity index (χ4v) is 1.38. The van der Waals surface area contributed by atoms with Gasteiger partial charge in [-0.25, -0.2) is 9.78 Å². The maximum atomic E-state index is 11.4. The van der Waals surface area contributed by atoms with Gasteiger partial charge in [0.2, 0.25) is 4.77 Å². The molecule has 0 bridgehead atoms. The van der Waals surface area contributed by atoms with Crippen LogP contribution in [0.1, 0.15) is 0 Å². The van der Waals surface area contributed by atoms with Gasteiger partial charge in [0, 0.05) is 12.6 Å². The molecule has 4 nitrogen and oxygen atoms in total. The second kappa shape index (κ2) is 3.78. The molecule has 0 fully saturated rings. The first-order chi connectivity index (χ1) is 7.18. The van der Waals surface area contributed by atoms with Gasteiger partial charge in [0.05, 0.1) is 0 Å². The summed E-state index contributed by atoms with van der Waals surface area (Å²) >= 11 is 4.96. The Morgan fingerprint density at radius 1 is 1.33 bits per heavy atom. The van der Waals surface area contributed by atoms with E-state index in [2.05, 4.69) is 9.97 Å². The number of nitrogens with zero attached hydrogens (tertiary/aromatic N) is 2. The number of benzene rings is 1. The largest absolute Gasteiger partial charge is 0.329 e. The third kappa shape index (κ3) is 1.87. The van der Waals surface area contributed by atoms with Crippen LogP contribution >= 0.6 is 12.2 Å². The van der Waals surface area contributed by atoms with Gasteiger partial charge < -0.3 is 0 Å². The predicted octanol–water partition coefficient (Wildman–Crippen LogP) is 1.50. The van der Waals surface area contributed by atoms with Crippen molar-refractivity contribution in [3.63, 3.8) is 0 Å². The van der Waals surface area contributed by atoms with Crippen LogP contribution in [0, 0.1) is 4.77 Å². The average Bonchev–Trinajstić information content (AvgIpc) is 2.26. The van der Waals surface area contributed by atoms with Crippen molar-refractivity contribution in [3.05, 3.63) is 45.6 Å². The maximum Gasteiger partial charge on any atom is 0.329 e. The minimum Gasteiger partial charge on any atom is -0.291 e. The van der Waals surface area contributed by atoms with E-state index in [-0.39, 0.29) is 10.5 Å². The molecule has 2 rings (SSSR count). The second-order valence-corrected chi connectivity index (χ2v) is 3.46. The van der Waals surface area contributed by atoms with E-state index in [1.807, 2.05) is 30.3 Å². The zero-order valence-corrected chi connectivity index (χ0v) is 8.91. The van der Waals surface area contributed by atoms with Crippen LogP contribution in [0.15, 0.2) is 35.1 Å². The van der Waals surface area contributed by atoms with Crippen molar-refractivity contribution >= 4 is 12.2 Å². The summed E-state index contributed by atoms with van der Waals surface area (Å²) < 4.78 is 1.57. The highest BCUT2D eigenvalue weighted by Crippen LogP contribution is 2.11. The smallest absolute Gasteiger partial charge is 0.291 e. The van der Waals surface area contributed by atoms with Gasteiger partial charge in [-0.1, -0.05) is 30.3 Å². The normalized spacial score (nSPS) is 10.2. The summed E-state index contributed by atoms with van der Waals surface area (Å²) in [5, 5.41) is 0. The molecular formula is C10H9N3OS. The van der Waals surface area contributed by atoms with Gasteiger partial charge in [-0.2, -0.15) is 0 Å². The molecule has 0 spiro atoms. The van der Waals surface area contributed by atoms with E-state index in [0.29, 0.717) is 5.82 Å². The Morgan fingerprint density at radius 2 is 2.00 bits per heavy atom. The van der Waals surface area contributed by atoms with Gasteiger partial charge in [0.25, 0.3) is 0 Å². The molecule has 2 aromatic rings. The predicted molar refractivity (Wildman–Crippen MR) is 60.1 cm³/mol. The first-order valence-corrected chi connectivity index (χ1v) is 4.82. The number of hydrogen-bond donors (Lipinski definition) is 1. The second-order valence-electron chi connectivity index (χ2n) is 3.10. The van der Waals surface area contributed by atoms with E-state index in [4.69, 9.17) is 12.2 Å². The molecule has 1 aromatic carbocycles. The third-order valence-corrected chi connectivity index (χ3v) is 2.44. The summed E-state index contributed by atoms with van der Waals surface area (Å²) in [4.78, 5) is 18.2. The minimum absolute atomic E-state index is 0.256. The molecule has 0 aliphatic rings. The first kappa shape index (κ1) is 9.79. The summed E-state index contributed by atoms with van der Waals surface area (Å²) in [7, 11) is 1.59. The van der Waals surface area contributed by atoms with Crippen molar-refractivity contribution < 1.29 is 0 Å². The Bertz CT molecular complexity index is 554. The number of H-pyrrole nitrogens is 1. The van der Waals surface area contributed by atoms with Gasteiger partial charge in [-0.3, -0.25) is 9.55 Å². The Morgan fingerprint density at radius 3 is 2.60 bits per heavy atom. The molecule has 0 saturated heterocycles. The van der Waals surface area contributed by atoms with Gasteiger partial charge >= 0.3 is 5.69 Å². The molecule has 0 radical (unpaired) electrons. The van der Waals surface area contributed by atoms with Crippen LogP contribution in [0.2, 0.25) is 0 Å². The summed E-state index contributed by atoms with van der Waals surface area (Å²) in [6.07, 6.45) is 0. The zero-order valence-electron chi connectivity index (χ0n) is 8.10. The molecule has 0 unspecified atom stereocenters. The quantitative estimate of drug-likeness (QED) is 0.739. The fraction of sp³-hybridized carbons (Fsp3) is 0.100. The Kier molecular flexibility index (Phi) is 2.47. The van der Waals surface area contributed by atoms with Gasteiger partial charge in [-0.05, 0) is 12.2 Å².